The molecule has 0 radical (unpaired) electrons. The fourth-order valence-corrected chi connectivity index (χ4v) is 5.33. The monoisotopic (exact) mass is 336 g/mol. The molecule has 1 saturated carbocycles. The third-order valence-electron chi connectivity index (χ3n) is 6.78. The maximum Gasteiger partial charge on any atom is 0.313 e. The van der Waals surface area contributed by atoms with E-state index in [0.717, 1.165) is 58.3 Å². The molecule has 3 aliphatic heterocycles. The first-order valence-electron chi connectivity index (χ1n) is 9.44. The van der Waals surface area contributed by atoms with E-state index in [9.17, 15) is 14.7 Å². The number of hydrogen-bond donors (Lipinski definition) is 1. The molecule has 6 nitrogen and oxygen atoms in total. The fourth-order valence-electron chi connectivity index (χ4n) is 5.33. The van der Waals surface area contributed by atoms with Crippen LogP contribution in [-0.2, 0) is 14.3 Å². The van der Waals surface area contributed by atoms with Crippen molar-refractivity contribution in [2.45, 2.75) is 44.6 Å². The van der Waals surface area contributed by atoms with Gasteiger partial charge in [-0.1, -0.05) is 12.8 Å². The molecule has 4 rings (SSSR count). The molecule has 0 unspecified atom stereocenters. The Labute approximate surface area is 143 Å². The van der Waals surface area contributed by atoms with Crippen LogP contribution in [0.2, 0.25) is 0 Å². The number of fused-ring (bicyclic) bond motifs is 1. The van der Waals surface area contributed by atoms with Crippen molar-refractivity contribution in [3.05, 3.63) is 0 Å². The maximum atomic E-state index is 12.7. The van der Waals surface area contributed by atoms with Gasteiger partial charge >= 0.3 is 5.97 Å². The van der Waals surface area contributed by atoms with Gasteiger partial charge in [-0.2, -0.15) is 0 Å². The number of amides is 1. The van der Waals surface area contributed by atoms with Crippen LogP contribution in [0, 0.1) is 17.3 Å². The molecular weight excluding hydrogens is 308 g/mol. The van der Waals surface area contributed by atoms with Crippen molar-refractivity contribution in [2.75, 3.05) is 39.4 Å². The molecule has 4 aliphatic rings. The molecule has 0 spiro atoms. The third-order valence-corrected chi connectivity index (χ3v) is 6.78. The summed E-state index contributed by atoms with van der Waals surface area (Å²) in [5.41, 5.74) is -0.757. The highest BCUT2D eigenvalue weighted by Crippen LogP contribution is 2.45. The second-order valence-corrected chi connectivity index (χ2v) is 8.13. The van der Waals surface area contributed by atoms with Crippen LogP contribution < -0.4 is 0 Å². The number of carbonyl (C=O) groups is 2. The molecule has 1 aliphatic carbocycles. The lowest BCUT2D eigenvalue weighted by Gasteiger charge is -2.33. The van der Waals surface area contributed by atoms with Gasteiger partial charge in [0.05, 0.1) is 0 Å². The minimum Gasteiger partial charge on any atom is -0.481 e. The highest BCUT2D eigenvalue weighted by molar-refractivity contribution is 5.83. The van der Waals surface area contributed by atoms with Gasteiger partial charge in [0.15, 0.2) is 0 Å². The van der Waals surface area contributed by atoms with Gasteiger partial charge in [-0.15, -0.1) is 0 Å². The SMILES string of the molecule is O=C(C1CCCC1)N1C[C@@H]2CN(C3CCOCC3)C[C@]2(C(=O)O)C1. The first kappa shape index (κ1) is 16.3. The topological polar surface area (TPSA) is 70.1 Å². The summed E-state index contributed by atoms with van der Waals surface area (Å²) in [6, 6.07) is 0.444. The van der Waals surface area contributed by atoms with Crippen molar-refractivity contribution in [3.8, 4) is 0 Å². The summed E-state index contributed by atoms with van der Waals surface area (Å²) in [7, 11) is 0. The predicted octanol–water partition coefficient (Wildman–Crippen LogP) is 1.20. The molecule has 2 atom stereocenters. The summed E-state index contributed by atoms with van der Waals surface area (Å²) in [6.07, 6.45) is 6.22. The average Bonchev–Trinajstić information content (AvgIpc) is 3.29. The van der Waals surface area contributed by atoms with E-state index in [1.54, 1.807) is 0 Å². The molecule has 3 saturated heterocycles. The van der Waals surface area contributed by atoms with Crippen molar-refractivity contribution >= 4 is 11.9 Å². The van der Waals surface area contributed by atoms with Gasteiger partial charge in [0.2, 0.25) is 5.91 Å². The molecule has 1 N–H and O–H groups in total. The summed E-state index contributed by atoms with van der Waals surface area (Å²) in [5, 5.41) is 9.97. The predicted molar refractivity (Wildman–Crippen MR) is 87.5 cm³/mol. The first-order chi connectivity index (χ1) is 11.6. The van der Waals surface area contributed by atoms with Crippen molar-refractivity contribution in [1.29, 1.82) is 0 Å². The minimum absolute atomic E-state index is 0.0724. The quantitative estimate of drug-likeness (QED) is 0.839. The molecule has 0 aromatic carbocycles. The molecule has 0 aromatic rings. The molecule has 0 bridgehead atoms. The van der Waals surface area contributed by atoms with E-state index in [-0.39, 0.29) is 17.7 Å². The number of carbonyl (C=O) groups excluding carboxylic acids is 1. The smallest absolute Gasteiger partial charge is 0.313 e. The van der Waals surface area contributed by atoms with E-state index >= 15 is 0 Å². The van der Waals surface area contributed by atoms with Crippen molar-refractivity contribution in [2.24, 2.45) is 17.3 Å². The third kappa shape index (κ3) is 2.64. The fraction of sp³-hybridized carbons (Fsp3) is 0.889. The van der Waals surface area contributed by atoms with Crippen LogP contribution in [0.4, 0.5) is 0 Å². The van der Waals surface area contributed by atoms with Gasteiger partial charge in [-0.25, -0.2) is 0 Å². The lowest BCUT2D eigenvalue weighted by Crippen LogP contribution is -2.45. The van der Waals surface area contributed by atoms with Crippen LogP contribution in [0.25, 0.3) is 0 Å². The zero-order valence-corrected chi connectivity index (χ0v) is 14.3. The number of ether oxygens (including phenoxy) is 1. The number of carboxylic acid groups (broad SMARTS) is 1. The lowest BCUT2D eigenvalue weighted by molar-refractivity contribution is -0.149. The Morgan fingerprint density at radius 2 is 1.71 bits per heavy atom. The normalized spacial score (nSPS) is 35.5. The largest absolute Gasteiger partial charge is 0.481 e. The van der Waals surface area contributed by atoms with Crippen molar-refractivity contribution < 1.29 is 19.4 Å². The van der Waals surface area contributed by atoms with Crippen LogP contribution in [0.1, 0.15) is 38.5 Å². The van der Waals surface area contributed by atoms with Crippen LogP contribution in [0.3, 0.4) is 0 Å². The minimum atomic E-state index is -0.757. The number of carboxylic acids is 1. The van der Waals surface area contributed by atoms with E-state index < -0.39 is 11.4 Å². The second-order valence-electron chi connectivity index (χ2n) is 8.13. The van der Waals surface area contributed by atoms with Gasteiger partial charge < -0.3 is 14.7 Å². The molecule has 24 heavy (non-hydrogen) atoms. The second kappa shape index (κ2) is 6.30. The maximum absolute atomic E-state index is 12.7. The Kier molecular flexibility index (Phi) is 4.29. The summed E-state index contributed by atoms with van der Waals surface area (Å²) < 4.78 is 5.44. The number of likely N-dealkylation sites (tertiary alicyclic amines) is 2. The average molecular weight is 336 g/mol. The summed E-state index contributed by atoms with van der Waals surface area (Å²) in [6.45, 7) is 3.98. The van der Waals surface area contributed by atoms with Gasteiger partial charge in [-0.3, -0.25) is 14.5 Å². The number of nitrogens with zero attached hydrogens (tertiary/aromatic N) is 2. The molecule has 134 valence electrons. The Balaban J connectivity index is 1.47. The van der Waals surface area contributed by atoms with E-state index in [1.165, 1.54) is 0 Å². The molecule has 0 aromatic heterocycles. The van der Waals surface area contributed by atoms with Gasteiger partial charge in [0.25, 0.3) is 0 Å². The van der Waals surface area contributed by atoms with Crippen molar-refractivity contribution in [3.63, 3.8) is 0 Å². The van der Waals surface area contributed by atoms with Crippen LogP contribution in [0.5, 0.6) is 0 Å². The molecule has 4 fully saturated rings. The standard InChI is InChI=1S/C18H28N2O4/c21-16(13-3-1-2-4-13)20-10-14-9-19(15-5-7-24-8-6-15)11-18(14,12-20)17(22)23/h13-15H,1-12H2,(H,22,23)/t14-,18-/m0/s1. The Morgan fingerprint density at radius 1 is 1.00 bits per heavy atom. The molecular formula is C18H28N2O4. The van der Waals surface area contributed by atoms with Gasteiger partial charge in [-0.05, 0) is 25.7 Å². The van der Waals surface area contributed by atoms with E-state index in [1.807, 2.05) is 4.90 Å². The van der Waals surface area contributed by atoms with Crippen molar-refractivity contribution in [1.82, 2.24) is 9.80 Å². The Morgan fingerprint density at radius 3 is 2.33 bits per heavy atom. The summed E-state index contributed by atoms with van der Waals surface area (Å²) in [5.74, 6) is -0.298. The number of rotatable bonds is 3. The summed E-state index contributed by atoms with van der Waals surface area (Å²) in [4.78, 5) is 29.1. The Bertz CT molecular complexity index is 513. The zero-order valence-electron chi connectivity index (χ0n) is 14.3. The zero-order chi connectivity index (χ0) is 16.7. The van der Waals surface area contributed by atoms with Crippen LogP contribution in [-0.4, -0.2) is 72.2 Å². The van der Waals surface area contributed by atoms with E-state index in [2.05, 4.69) is 4.90 Å². The van der Waals surface area contributed by atoms with Crippen LogP contribution >= 0.6 is 0 Å². The highest BCUT2D eigenvalue weighted by atomic mass is 16.5. The van der Waals surface area contributed by atoms with Gasteiger partial charge in [0.1, 0.15) is 5.41 Å². The highest BCUT2D eigenvalue weighted by Gasteiger charge is 2.59. The van der Waals surface area contributed by atoms with E-state index in [0.29, 0.717) is 25.7 Å². The molecule has 1 amide bonds. The van der Waals surface area contributed by atoms with E-state index in [4.69, 9.17) is 4.74 Å². The molecule has 6 heteroatoms. The van der Waals surface area contributed by atoms with Crippen LogP contribution in [0.15, 0.2) is 0 Å². The number of hydrogen-bond acceptors (Lipinski definition) is 4. The van der Waals surface area contributed by atoms with Gasteiger partial charge in [0, 0.05) is 57.3 Å². The first-order valence-corrected chi connectivity index (χ1v) is 9.44. The Hall–Kier alpha value is -1.14. The molecule has 3 heterocycles. The summed E-state index contributed by atoms with van der Waals surface area (Å²) >= 11 is 0. The lowest BCUT2D eigenvalue weighted by atomic mass is 9.81. The number of aliphatic carboxylic acids is 1.